The van der Waals surface area contributed by atoms with Crippen LogP contribution in [0.1, 0.15) is 271 Å². The van der Waals surface area contributed by atoms with Crippen molar-refractivity contribution in [3.63, 3.8) is 0 Å². The molecule has 0 amide bonds. The highest BCUT2D eigenvalue weighted by atomic mass is 16.6. The van der Waals surface area contributed by atoms with E-state index in [0.717, 1.165) is 103 Å². The Morgan fingerprint density at radius 3 is 0.926 bits per heavy atom. The van der Waals surface area contributed by atoms with Crippen molar-refractivity contribution < 1.29 is 28.6 Å². The van der Waals surface area contributed by atoms with Gasteiger partial charge in [0.25, 0.3) is 0 Å². The molecule has 1 atom stereocenters. The summed E-state index contributed by atoms with van der Waals surface area (Å²) in [6.07, 6.45) is 72.7. The summed E-state index contributed by atoms with van der Waals surface area (Å²) in [5, 5.41) is 0. The summed E-state index contributed by atoms with van der Waals surface area (Å²) in [6, 6.07) is 0. The van der Waals surface area contributed by atoms with Gasteiger partial charge in [-0.2, -0.15) is 0 Å². The van der Waals surface area contributed by atoms with Crippen LogP contribution in [-0.2, 0) is 28.6 Å². The van der Waals surface area contributed by atoms with Crippen molar-refractivity contribution in [1.29, 1.82) is 0 Å². The number of rotatable bonds is 51. The van der Waals surface area contributed by atoms with E-state index in [4.69, 9.17) is 14.2 Å². The first-order valence-corrected chi connectivity index (χ1v) is 28.7. The van der Waals surface area contributed by atoms with Crippen LogP contribution in [0.3, 0.4) is 0 Å². The van der Waals surface area contributed by atoms with Crippen LogP contribution in [0.5, 0.6) is 0 Å². The zero-order chi connectivity index (χ0) is 49.3. The van der Waals surface area contributed by atoms with Crippen LogP contribution < -0.4 is 0 Å². The highest BCUT2D eigenvalue weighted by Crippen LogP contribution is 2.15. The molecule has 0 aliphatic rings. The summed E-state index contributed by atoms with van der Waals surface area (Å²) in [7, 11) is 0. The average molecular weight is 948 g/mol. The van der Waals surface area contributed by atoms with Crippen LogP contribution in [-0.4, -0.2) is 37.2 Å². The maximum atomic E-state index is 12.9. The first-order chi connectivity index (χ1) is 33.5. The molecule has 6 nitrogen and oxygen atoms in total. The number of hydrogen-bond donors (Lipinski definition) is 0. The predicted octanol–water partition coefficient (Wildman–Crippen LogP) is 19.2. The Kier molecular flexibility index (Phi) is 53.4. The van der Waals surface area contributed by atoms with Gasteiger partial charge < -0.3 is 14.2 Å². The van der Waals surface area contributed by atoms with Crippen molar-refractivity contribution in [1.82, 2.24) is 0 Å². The minimum atomic E-state index is -0.796. The number of ether oxygens (including phenoxy) is 3. The van der Waals surface area contributed by atoms with Crippen LogP contribution in [0, 0.1) is 0 Å². The largest absolute Gasteiger partial charge is 0.462 e. The summed E-state index contributed by atoms with van der Waals surface area (Å²) in [5.41, 5.74) is 0. The molecule has 0 spiro atoms. The summed E-state index contributed by atoms with van der Waals surface area (Å²) in [4.78, 5) is 38.2. The van der Waals surface area contributed by atoms with Gasteiger partial charge in [0.2, 0.25) is 0 Å². The van der Waals surface area contributed by atoms with Gasteiger partial charge in [0.05, 0.1) is 0 Å². The molecule has 6 heteroatoms. The van der Waals surface area contributed by atoms with Gasteiger partial charge in [-0.15, -0.1) is 0 Å². The van der Waals surface area contributed by atoms with Gasteiger partial charge in [-0.25, -0.2) is 0 Å². The van der Waals surface area contributed by atoms with E-state index in [-0.39, 0.29) is 31.1 Å². The number of unbranched alkanes of at least 4 members (excludes halogenated alkanes) is 30. The molecule has 0 saturated heterocycles. The number of esters is 3. The fourth-order valence-electron chi connectivity index (χ4n) is 7.87. The highest BCUT2D eigenvalue weighted by Gasteiger charge is 2.19. The van der Waals surface area contributed by atoms with E-state index in [9.17, 15) is 14.4 Å². The lowest BCUT2D eigenvalue weighted by molar-refractivity contribution is -0.167. The molecule has 0 rings (SSSR count). The second-order valence-corrected chi connectivity index (χ2v) is 19.0. The van der Waals surface area contributed by atoms with Gasteiger partial charge in [0, 0.05) is 19.3 Å². The molecule has 0 bridgehead atoms. The Hall–Kier alpha value is -3.41. The first kappa shape index (κ1) is 64.6. The third-order valence-electron chi connectivity index (χ3n) is 12.2. The van der Waals surface area contributed by atoms with Gasteiger partial charge >= 0.3 is 17.9 Å². The lowest BCUT2D eigenvalue weighted by Crippen LogP contribution is -2.30. The Morgan fingerprint density at radius 1 is 0.294 bits per heavy atom. The van der Waals surface area contributed by atoms with Crippen molar-refractivity contribution >= 4 is 17.9 Å². The van der Waals surface area contributed by atoms with E-state index >= 15 is 0 Å². The van der Waals surface area contributed by atoms with E-state index in [2.05, 4.69) is 81.5 Å². The highest BCUT2D eigenvalue weighted by molar-refractivity contribution is 5.71. The molecule has 1 unspecified atom stereocenters. The summed E-state index contributed by atoms with van der Waals surface area (Å²) >= 11 is 0. The third-order valence-corrected chi connectivity index (χ3v) is 12.2. The van der Waals surface area contributed by atoms with E-state index in [1.54, 1.807) is 0 Å². The van der Waals surface area contributed by atoms with Crippen LogP contribution >= 0.6 is 0 Å². The molecular weight excluding hydrogens is 841 g/mol. The lowest BCUT2D eigenvalue weighted by atomic mass is 10.1. The van der Waals surface area contributed by atoms with Gasteiger partial charge in [0.1, 0.15) is 13.2 Å². The molecule has 0 aromatic rings. The van der Waals surface area contributed by atoms with Crippen LogP contribution in [0.4, 0.5) is 0 Å². The molecule has 390 valence electrons. The van der Waals surface area contributed by atoms with E-state index in [1.165, 1.54) is 128 Å². The molecule has 0 aliphatic carbocycles. The second kappa shape index (κ2) is 56.2. The Balaban J connectivity index is 4.46. The smallest absolute Gasteiger partial charge is 0.306 e. The molecule has 0 aromatic heterocycles. The SMILES string of the molecule is CCC\C=C/C=C\C=C/C=C\C=C/CCCCCCCC(=O)OCC(COC(=O)CCCCCCC/C=C\CCCCCCCCC)OC(=O)CCCCCCC/C=C\CCCCCCCCC. The number of hydrogen-bond acceptors (Lipinski definition) is 6. The number of carbonyl (C=O) groups excluding carboxylic acids is 3. The molecular formula is C62H106O6. The van der Waals surface area contributed by atoms with E-state index in [0.29, 0.717) is 19.3 Å². The summed E-state index contributed by atoms with van der Waals surface area (Å²) < 4.78 is 16.8. The molecule has 0 aliphatic heterocycles. The maximum Gasteiger partial charge on any atom is 0.306 e. The fraction of sp³-hybridized carbons (Fsp3) is 0.726. The van der Waals surface area contributed by atoms with Crippen molar-refractivity contribution in [2.24, 2.45) is 0 Å². The Labute approximate surface area is 420 Å². The maximum absolute atomic E-state index is 12.9. The van der Waals surface area contributed by atoms with E-state index < -0.39 is 6.10 Å². The molecule has 0 fully saturated rings. The van der Waals surface area contributed by atoms with Crippen molar-refractivity contribution in [3.8, 4) is 0 Å². The molecule has 0 radical (unpaired) electrons. The molecule has 68 heavy (non-hydrogen) atoms. The molecule has 0 saturated carbocycles. The van der Waals surface area contributed by atoms with Crippen molar-refractivity contribution in [3.05, 3.63) is 85.1 Å². The fourth-order valence-corrected chi connectivity index (χ4v) is 7.87. The zero-order valence-electron chi connectivity index (χ0n) is 44.6. The van der Waals surface area contributed by atoms with Gasteiger partial charge in [-0.3, -0.25) is 14.4 Å². The van der Waals surface area contributed by atoms with Crippen LogP contribution in [0.2, 0.25) is 0 Å². The predicted molar refractivity (Wildman–Crippen MR) is 293 cm³/mol. The zero-order valence-corrected chi connectivity index (χ0v) is 44.6. The van der Waals surface area contributed by atoms with Gasteiger partial charge in [-0.1, -0.05) is 247 Å². The number of allylic oxidation sites excluding steroid dienone is 14. The lowest BCUT2D eigenvalue weighted by Gasteiger charge is -2.18. The molecule has 0 heterocycles. The third kappa shape index (κ3) is 53.5. The van der Waals surface area contributed by atoms with Crippen molar-refractivity contribution in [2.45, 2.75) is 277 Å². The molecule has 0 aromatic carbocycles. The topological polar surface area (TPSA) is 78.9 Å². The standard InChI is InChI=1S/C62H106O6/c1-4-7-10-13-16-19-22-25-28-31-32-35-37-40-43-46-49-52-55-61(64)67-58-59(68-62(65)56-53-50-47-44-41-38-34-30-27-24-21-18-15-12-9-6-3)57-66-60(63)54-51-48-45-42-39-36-33-29-26-23-20-17-14-11-8-5-2/h10,13,16,19,22,25,28-35,59H,4-9,11-12,14-15,17-18,20-21,23-24,26-27,36-58H2,1-3H3/b13-10-,19-16-,25-22-,31-28-,33-29-,34-30-,35-32-. The average Bonchev–Trinajstić information content (AvgIpc) is 3.34. The molecule has 0 N–H and O–H groups in total. The Morgan fingerprint density at radius 2 is 0.574 bits per heavy atom. The van der Waals surface area contributed by atoms with Gasteiger partial charge in [-0.05, 0) is 89.9 Å². The summed E-state index contributed by atoms with van der Waals surface area (Å²) in [5.74, 6) is -0.928. The minimum Gasteiger partial charge on any atom is -0.462 e. The summed E-state index contributed by atoms with van der Waals surface area (Å²) in [6.45, 7) is 6.52. The number of carbonyl (C=O) groups is 3. The first-order valence-electron chi connectivity index (χ1n) is 28.7. The van der Waals surface area contributed by atoms with Crippen LogP contribution in [0.25, 0.3) is 0 Å². The van der Waals surface area contributed by atoms with Gasteiger partial charge in [0.15, 0.2) is 6.10 Å². The normalized spacial score (nSPS) is 12.7. The van der Waals surface area contributed by atoms with E-state index in [1.807, 2.05) is 24.3 Å². The van der Waals surface area contributed by atoms with Crippen LogP contribution in [0.15, 0.2) is 85.1 Å². The second-order valence-electron chi connectivity index (χ2n) is 19.0. The monoisotopic (exact) mass is 947 g/mol. The Bertz CT molecular complexity index is 1320. The minimum absolute atomic E-state index is 0.0924. The van der Waals surface area contributed by atoms with Crippen molar-refractivity contribution in [2.75, 3.05) is 13.2 Å². The quantitative estimate of drug-likeness (QED) is 0.0199.